The SMILES string of the molecule is CCNC(=O)[C@@H](C)N(Cc1ccc(Cl)cc1Cl)C(=O)CN(c1ccccc1C(C)C)S(C)(=O)=O. The minimum absolute atomic E-state index is 0.0105. The lowest BCUT2D eigenvalue weighted by molar-refractivity contribution is -0.139. The van der Waals surface area contributed by atoms with E-state index in [0.29, 0.717) is 27.8 Å². The Bertz CT molecular complexity index is 1140. The summed E-state index contributed by atoms with van der Waals surface area (Å²) in [6.07, 6.45) is 1.06. The predicted molar refractivity (Wildman–Crippen MR) is 138 cm³/mol. The van der Waals surface area contributed by atoms with Gasteiger partial charge in [0.05, 0.1) is 11.9 Å². The number of carbonyl (C=O) groups excluding carboxylic acids is 2. The van der Waals surface area contributed by atoms with Crippen LogP contribution < -0.4 is 9.62 Å². The van der Waals surface area contributed by atoms with Crippen LogP contribution in [0, 0.1) is 0 Å². The summed E-state index contributed by atoms with van der Waals surface area (Å²) in [4.78, 5) is 27.5. The predicted octanol–water partition coefficient (Wildman–Crippen LogP) is 4.44. The van der Waals surface area contributed by atoms with Crippen molar-refractivity contribution in [2.75, 3.05) is 23.7 Å². The number of likely N-dealkylation sites (N-methyl/N-ethyl adjacent to an activating group) is 1. The Balaban J connectivity index is 2.48. The standard InChI is InChI=1S/C24H31Cl2N3O4S/c1-6-27-24(31)17(4)28(14-18-11-12-19(25)13-21(18)26)23(30)15-29(34(5,32)33)22-10-8-7-9-20(22)16(2)3/h7-13,16-17H,6,14-15H2,1-5H3,(H,27,31)/t17-/m1/s1. The van der Waals surface area contributed by atoms with E-state index in [0.717, 1.165) is 16.1 Å². The lowest BCUT2D eigenvalue weighted by Crippen LogP contribution is -2.51. The fraction of sp³-hybridized carbons (Fsp3) is 0.417. The average Bonchev–Trinajstić information content (AvgIpc) is 2.75. The minimum atomic E-state index is -3.80. The first kappa shape index (κ1) is 28.0. The van der Waals surface area contributed by atoms with Crippen LogP contribution in [0.3, 0.4) is 0 Å². The molecule has 1 N–H and O–H groups in total. The monoisotopic (exact) mass is 527 g/mol. The zero-order chi connectivity index (χ0) is 25.6. The van der Waals surface area contributed by atoms with Crippen LogP contribution in [0.1, 0.15) is 44.7 Å². The van der Waals surface area contributed by atoms with Crippen molar-refractivity contribution in [1.29, 1.82) is 0 Å². The van der Waals surface area contributed by atoms with Crippen LogP contribution in [0.4, 0.5) is 5.69 Å². The lowest BCUT2D eigenvalue weighted by atomic mass is 10.0. The summed E-state index contributed by atoms with van der Waals surface area (Å²) in [5.74, 6) is -0.850. The smallest absolute Gasteiger partial charge is 0.244 e. The average molecular weight is 529 g/mol. The number of hydrogen-bond donors (Lipinski definition) is 1. The van der Waals surface area contributed by atoms with Gasteiger partial charge in [0.1, 0.15) is 12.6 Å². The van der Waals surface area contributed by atoms with Crippen LogP contribution in [-0.4, -0.2) is 50.5 Å². The molecule has 0 saturated heterocycles. The summed E-state index contributed by atoms with van der Waals surface area (Å²) in [6, 6.07) is 11.1. The van der Waals surface area contributed by atoms with Crippen molar-refractivity contribution in [2.24, 2.45) is 0 Å². The normalized spacial score (nSPS) is 12.4. The van der Waals surface area contributed by atoms with Crippen LogP contribution in [0.15, 0.2) is 42.5 Å². The number of carbonyl (C=O) groups is 2. The highest BCUT2D eigenvalue weighted by atomic mass is 35.5. The van der Waals surface area contributed by atoms with Crippen molar-refractivity contribution in [2.45, 2.75) is 46.2 Å². The molecule has 0 saturated carbocycles. The van der Waals surface area contributed by atoms with Gasteiger partial charge in [-0.15, -0.1) is 0 Å². The second kappa shape index (κ2) is 11.9. The van der Waals surface area contributed by atoms with E-state index >= 15 is 0 Å². The summed E-state index contributed by atoms with van der Waals surface area (Å²) in [7, 11) is -3.80. The number of halogens is 2. The first-order valence-electron chi connectivity index (χ1n) is 10.9. The van der Waals surface area contributed by atoms with Gasteiger partial charge in [-0.25, -0.2) is 8.42 Å². The van der Waals surface area contributed by atoms with Crippen molar-refractivity contribution in [3.05, 3.63) is 63.6 Å². The summed E-state index contributed by atoms with van der Waals surface area (Å²) < 4.78 is 26.6. The summed E-state index contributed by atoms with van der Waals surface area (Å²) in [5.41, 5.74) is 1.82. The molecule has 0 unspecified atom stereocenters. The van der Waals surface area contributed by atoms with Gasteiger partial charge < -0.3 is 10.2 Å². The molecule has 1 atom stereocenters. The van der Waals surface area contributed by atoms with Crippen LogP contribution in [0.25, 0.3) is 0 Å². The molecule has 0 heterocycles. The maximum Gasteiger partial charge on any atom is 0.244 e. The molecular weight excluding hydrogens is 497 g/mol. The molecule has 0 aliphatic carbocycles. The van der Waals surface area contributed by atoms with E-state index in [9.17, 15) is 18.0 Å². The zero-order valence-corrected chi connectivity index (χ0v) is 22.3. The van der Waals surface area contributed by atoms with Gasteiger partial charge >= 0.3 is 0 Å². The van der Waals surface area contributed by atoms with Crippen molar-refractivity contribution < 1.29 is 18.0 Å². The first-order chi connectivity index (χ1) is 15.9. The number of amides is 2. The molecule has 10 heteroatoms. The van der Waals surface area contributed by atoms with E-state index in [1.54, 1.807) is 44.2 Å². The van der Waals surface area contributed by atoms with E-state index < -0.39 is 28.5 Å². The molecule has 0 aliphatic heterocycles. The summed E-state index contributed by atoms with van der Waals surface area (Å²) in [6.45, 7) is 7.22. The van der Waals surface area contributed by atoms with Crippen LogP contribution in [0.5, 0.6) is 0 Å². The first-order valence-corrected chi connectivity index (χ1v) is 13.5. The second-order valence-corrected chi connectivity index (χ2v) is 11.1. The van der Waals surface area contributed by atoms with Crippen molar-refractivity contribution >= 4 is 50.7 Å². The van der Waals surface area contributed by atoms with Gasteiger partial charge in [0, 0.05) is 23.1 Å². The van der Waals surface area contributed by atoms with E-state index in [1.807, 2.05) is 26.0 Å². The van der Waals surface area contributed by atoms with Crippen LogP contribution >= 0.6 is 23.2 Å². The fourth-order valence-corrected chi connectivity index (χ4v) is 4.87. The van der Waals surface area contributed by atoms with Gasteiger partial charge in [-0.05, 0) is 49.1 Å². The third-order valence-electron chi connectivity index (χ3n) is 5.38. The number of anilines is 1. The molecule has 2 rings (SSSR count). The molecule has 0 aromatic heterocycles. The number of sulfonamides is 1. The number of nitrogens with zero attached hydrogens (tertiary/aromatic N) is 2. The molecule has 34 heavy (non-hydrogen) atoms. The van der Waals surface area contributed by atoms with E-state index in [4.69, 9.17) is 23.2 Å². The largest absolute Gasteiger partial charge is 0.355 e. The number of benzene rings is 2. The Morgan fingerprint density at radius 2 is 1.71 bits per heavy atom. The van der Waals surface area contributed by atoms with E-state index in [2.05, 4.69) is 5.32 Å². The van der Waals surface area contributed by atoms with Crippen molar-refractivity contribution in [3.8, 4) is 0 Å². The third kappa shape index (κ3) is 7.10. The van der Waals surface area contributed by atoms with Gasteiger partial charge in [0.25, 0.3) is 0 Å². The third-order valence-corrected chi connectivity index (χ3v) is 7.09. The topological polar surface area (TPSA) is 86.8 Å². The number of nitrogens with one attached hydrogen (secondary N) is 1. The van der Waals surface area contributed by atoms with Crippen LogP contribution in [-0.2, 0) is 26.2 Å². The fourth-order valence-electron chi connectivity index (χ4n) is 3.54. The lowest BCUT2D eigenvalue weighted by Gasteiger charge is -2.32. The quantitative estimate of drug-likeness (QED) is 0.494. The van der Waals surface area contributed by atoms with E-state index in [-0.39, 0.29) is 18.4 Å². The molecule has 0 spiro atoms. The number of hydrogen-bond acceptors (Lipinski definition) is 4. The molecule has 0 radical (unpaired) electrons. The van der Waals surface area contributed by atoms with Crippen molar-refractivity contribution in [3.63, 3.8) is 0 Å². The molecule has 2 aromatic carbocycles. The summed E-state index contributed by atoms with van der Waals surface area (Å²) >= 11 is 12.3. The van der Waals surface area contributed by atoms with Gasteiger partial charge in [0.15, 0.2) is 0 Å². The van der Waals surface area contributed by atoms with Gasteiger partial charge in [-0.1, -0.05) is 61.3 Å². The van der Waals surface area contributed by atoms with Gasteiger partial charge in [-0.3, -0.25) is 13.9 Å². The van der Waals surface area contributed by atoms with Crippen LogP contribution in [0.2, 0.25) is 10.0 Å². The molecule has 2 amide bonds. The van der Waals surface area contributed by atoms with E-state index in [1.165, 1.54) is 4.90 Å². The molecule has 0 fully saturated rings. The Hall–Kier alpha value is -2.29. The highest BCUT2D eigenvalue weighted by Crippen LogP contribution is 2.29. The maximum absolute atomic E-state index is 13.6. The molecule has 186 valence electrons. The highest BCUT2D eigenvalue weighted by molar-refractivity contribution is 7.92. The van der Waals surface area contributed by atoms with Gasteiger partial charge in [0.2, 0.25) is 21.8 Å². The van der Waals surface area contributed by atoms with Gasteiger partial charge in [-0.2, -0.15) is 0 Å². The highest BCUT2D eigenvalue weighted by Gasteiger charge is 2.31. The molecule has 0 aliphatic rings. The zero-order valence-electron chi connectivity index (χ0n) is 20.0. The Kier molecular flexibility index (Phi) is 9.79. The Morgan fingerprint density at radius 3 is 2.26 bits per heavy atom. The number of rotatable bonds is 10. The Morgan fingerprint density at radius 1 is 1.06 bits per heavy atom. The summed E-state index contributed by atoms with van der Waals surface area (Å²) in [5, 5.41) is 3.50. The minimum Gasteiger partial charge on any atom is -0.355 e. The molecule has 0 bridgehead atoms. The molecule has 2 aromatic rings. The second-order valence-electron chi connectivity index (χ2n) is 8.31. The maximum atomic E-state index is 13.6. The number of para-hydroxylation sites is 1. The Labute approximate surface area is 212 Å². The molecular formula is C24H31Cl2N3O4S. The van der Waals surface area contributed by atoms with Crippen molar-refractivity contribution in [1.82, 2.24) is 10.2 Å². The molecule has 7 nitrogen and oxygen atoms in total.